The summed E-state index contributed by atoms with van der Waals surface area (Å²) in [5.41, 5.74) is 5.37. The van der Waals surface area contributed by atoms with Gasteiger partial charge in [-0.2, -0.15) is 5.10 Å². The smallest absolute Gasteiger partial charge is 0.240 e. The summed E-state index contributed by atoms with van der Waals surface area (Å²) in [5, 5.41) is 8.31. The fraction of sp³-hybridized carbons (Fsp3) is 0.160. The lowest BCUT2D eigenvalue weighted by Gasteiger charge is -2.10. The average molecular weight is 519 g/mol. The van der Waals surface area contributed by atoms with Crippen molar-refractivity contribution in [2.45, 2.75) is 26.4 Å². The molecule has 34 heavy (non-hydrogen) atoms. The highest BCUT2D eigenvalue weighted by Gasteiger charge is 2.08. The molecule has 0 aliphatic rings. The van der Waals surface area contributed by atoms with Crippen LogP contribution in [0.5, 0.6) is 5.75 Å². The molecule has 0 unspecified atom stereocenters. The van der Waals surface area contributed by atoms with E-state index in [-0.39, 0.29) is 31.3 Å². The molecule has 3 aromatic carbocycles. The molecule has 3 rings (SSSR count). The lowest BCUT2D eigenvalue weighted by atomic mass is 10.2. The van der Waals surface area contributed by atoms with Crippen LogP contribution >= 0.6 is 34.8 Å². The Morgan fingerprint density at radius 2 is 1.71 bits per heavy atom. The number of ether oxygens (including phenoxy) is 1. The molecule has 0 fully saturated rings. The summed E-state index contributed by atoms with van der Waals surface area (Å²) in [6, 6.07) is 17.7. The number of para-hydroxylation sites is 1. The lowest BCUT2D eigenvalue weighted by Crippen LogP contribution is -2.20. The first-order chi connectivity index (χ1) is 16.3. The second-order valence-corrected chi connectivity index (χ2v) is 8.62. The zero-order chi connectivity index (χ0) is 24.5. The number of hydrogen-bond donors (Lipinski definition) is 2. The fourth-order valence-corrected chi connectivity index (χ4v) is 3.51. The highest BCUT2D eigenvalue weighted by Crippen LogP contribution is 2.24. The van der Waals surface area contributed by atoms with Gasteiger partial charge >= 0.3 is 0 Å². The molecule has 0 aliphatic heterocycles. The maximum Gasteiger partial charge on any atom is 0.240 e. The summed E-state index contributed by atoms with van der Waals surface area (Å²) in [6.07, 6.45) is 1.47. The van der Waals surface area contributed by atoms with Gasteiger partial charge in [0.25, 0.3) is 0 Å². The number of benzene rings is 3. The third-order valence-corrected chi connectivity index (χ3v) is 5.74. The van der Waals surface area contributed by atoms with Crippen LogP contribution in [0.3, 0.4) is 0 Å². The molecule has 0 bridgehead atoms. The largest absolute Gasteiger partial charge is 0.488 e. The minimum absolute atomic E-state index is 0.00833. The summed E-state index contributed by atoms with van der Waals surface area (Å²) in [7, 11) is 0. The van der Waals surface area contributed by atoms with E-state index in [9.17, 15) is 9.59 Å². The molecule has 0 saturated carbocycles. The highest BCUT2D eigenvalue weighted by atomic mass is 35.5. The first-order valence-electron chi connectivity index (χ1n) is 10.4. The van der Waals surface area contributed by atoms with Gasteiger partial charge in [0, 0.05) is 44.7 Å². The Hall–Kier alpha value is -3.06. The number of carbonyl (C=O) groups excluding carboxylic acids is 2. The predicted octanol–water partition coefficient (Wildman–Crippen LogP) is 6.40. The van der Waals surface area contributed by atoms with Crippen LogP contribution in [0.4, 0.5) is 5.69 Å². The highest BCUT2D eigenvalue weighted by molar-refractivity contribution is 6.35. The van der Waals surface area contributed by atoms with Crippen LogP contribution in [0.15, 0.2) is 65.8 Å². The van der Waals surface area contributed by atoms with Gasteiger partial charge in [0.1, 0.15) is 12.4 Å². The summed E-state index contributed by atoms with van der Waals surface area (Å²) in [6.45, 7) is 2.12. The number of halogens is 3. The van der Waals surface area contributed by atoms with Crippen molar-refractivity contribution in [1.82, 2.24) is 5.43 Å². The molecule has 6 nitrogen and oxygen atoms in total. The first-order valence-corrected chi connectivity index (χ1v) is 11.5. The summed E-state index contributed by atoms with van der Waals surface area (Å²) >= 11 is 18.2. The Bertz CT molecular complexity index is 1220. The lowest BCUT2D eigenvalue weighted by molar-refractivity contribution is -0.124. The van der Waals surface area contributed by atoms with Crippen molar-refractivity contribution in [3.05, 3.63) is 92.4 Å². The van der Waals surface area contributed by atoms with E-state index in [4.69, 9.17) is 39.5 Å². The van der Waals surface area contributed by atoms with Crippen LogP contribution in [0.25, 0.3) is 0 Å². The number of rotatable bonds is 9. The molecule has 0 radical (unpaired) electrons. The number of nitrogens with one attached hydrogen (secondary N) is 2. The Labute approximate surface area is 212 Å². The normalized spacial score (nSPS) is 10.8. The van der Waals surface area contributed by atoms with Crippen LogP contribution in [0.1, 0.15) is 29.5 Å². The van der Waals surface area contributed by atoms with Gasteiger partial charge in [-0.25, -0.2) is 5.43 Å². The van der Waals surface area contributed by atoms with Gasteiger partial charge in [-0.1, -0.05) is 59.1 Å². The van der Waals surface area contributed by atoms with E-state index in [0.29, 0.717) is 32.1 Å². The molecule has 3 aromatic rings. The van der Waals surface area contributed by atoms with Gasteiger partial charge in [-0.15, -0.1) is 0 Å². The summed E-state index contributed by atoms with van der Waals surface area (Å²) in [5.74, 6) is -0.110. The zero-order valence-corrected chi connectivity index (χ0v) is 20.5. The molecule has 0 atom stereocenters. The van der Waals surface area contributed by atoms with E-state index < -0.39 is 0 Å². The van der Waals surface area contributed by atoms with Gasteiger partial charge in [0.2, 0.25) is 11.8 Å². The van der Waals surface area contributed by atoms with E-state index >= 15 is 0 Å². The maximum absolute atomic E-state index is 12.1. The Balaban J connectivity index is 1.48. The average Bonchev–Trinajstić information content (AvgIpc) is 2.80. The molecular weight excluding hydrogens is 497 g/mol. The standard InChI is InChI=1S/C25H22Cl3N3O3/c1-16-6-9-20(13-21(16)27)30-24(32)10-11-25(33)31-29-14-17-4-2-3-5-23(17)34-15-18-7-8-19(26)12-22(18)28/h2-9,12-14H,10-11,15H2,1H3,(H,30,32)(H,31,33). The van der Waals surface area contributed by atoms with Gasteiger partial charge in [-0.3, -0.25) is 9.59 Å². The van der Waals surface area contributed by atoms with Crippen molar-refractivity contribution in [3.8, 4) is 5.75 Å². The first kappa shape index (κ1) is 25.6. The molecule has 0 aromatic heterocycles. The summed E-state index contributed by atoms with van der Waals surface area (Å²) in [4.78, 5) is 24.1. The number of carbonyl (C=O) groups is 2. The van der Waals surface area contributed by atoms with Gasteiger partial charge in [0.15, 0.2) is 0 Å². The Kier molecular flexibility index (Phi) is 9.33. The second-order valence-electron chi connectivity index (χ2n) is 7.37. The molecule has 0 aliphatic carbocycles. The van der Waals surface area contributed by atoms with Gasteiger partial charge in [0.05, 0.1) is 6.21 Å². The molecule has 2 amide bonds. The Morgan fingerprint density at radius 3 is 2.47 bits per heavy atom. The predicted molar refractivity (Wildman–Crippen MR) is 137 cm³/mol. The molecule has 0 spiro atoms. The number of hydrogen-bond acceptors (Lipinski definition) is 4. The second kappa shape index (κ2) is 12.4. The minimum Gasteiger partial charge on any atom is -0.488 e. The summed E-state index contributed by atoms with van der Waals surface area (Å²) < 4.78 is 5.86. The van der Waals surface area contributed by atoms with E-state index in [0.717, 1.165) is 11.1 Å². The maximum atomic E-state index is 12.1. The van der Waals surface area contributed by atoms with Crippen LogP contribution in [0, 0.1) is 6.92 Å². The van der Waals surface area contributed by atoms with E-state index in [1.807, 2.05) is 25.1 Å². The number of amides is 2. The van der Waals surface area contributed by atoms with Crippen molar-refractivity contribution in [3.63, 3.8) is 0 Å². The molecule has 2 N–H and O–H groups in total. The van der Waals surface area contributed by atoms with Gasteiger partial charge in [-0.05, 0) is 48.9 Å². The zero-order valence-electron chi connectivity index (χ0n) is 18.3. The van der Waals surface area contributed by atoms with Gasteiger partial charge < -0.3 is 10.1 Å². The number of aryl methyl sites for hydroxylation is 1. The molecule has 0 saturated heterocycles. The third-order valence-electron chi connectivity index (χ3n) is 4.74. The molecule has 9 heteroatoms. The topological polar surface area (TPSA) is 79.8 Å². The van der Waals surface area contributed by atoms with E-state index in [2.05, 4.69) is 15.8 Å². The monoisotopic (exact) mass is 517 g/mol. The van der Waals surface area contributed by atoms with E-state index in [1.165, 1.54) is 6.21 Å². The SMILES string of the molecule is Cc1ccc(NC(=O)CCC(=O)NN=Cc2ccccc2OCc2ccc(Cl)cc2Cl)cc1Cl. The number of hydrazone groups is 1. The minimum atomic E-state index is -0.389. The van der Waals surface area contributed by atoms with Crippen molar-refractivity contribution >= 4 is 58.5 Å². The van der Waals surface area contributed by atoms with Crippen LogP contribution in [0.2, 0.25) is 15.1 Å². The third kappa shape index (κ3) is 7.76. The molecule has 176 valence electrons. The fourth-order valence-electron chi connectivity index (χ4n) is 2.86. The number of nitrogens with zero attached hydrogens (tertiary/aromatic N) is 1. The van der Waals surface area contributed by atoms with Crippen LogP contribution in [-0.4, -0.2) is 18.0 Å². The van der Waals surface area contributed by atoms with Crippen LogP contribution < -0.4 is 15.5 Å². The number of anilines is 1. The van der Waals surface area contributed by atoms with Crippen molar-refractivity contribution < 1.29 is 14.3 Å². The Morgan fingerprint density at radius 1 is 0.941 bits per heavy atom. The van der Waals surface area contributed by atoms with Crippen molar-refractivity contribution in [2.75, 3.05) is 5.32 Å². The molecular formula is C25H22Cl3N3O3. The molecule has 0 heterocycles. The van der Waals surface area contributed by atoms with Crippen molar-refractivity contribution in [1.29, 1.82) is 0 Å². The van der Waals surface area contributed by atoms with Crippen LogP contribution in [-0.2, 0) is 16.2 Å². The quantitative estimate of drug-likeness (QED) is 0.254. The van der Waals surface area contributed by atoms with E-state index in [1.54, 1.807) is 42.5 Å². The van der Waals surface area contributed by atoms with Crippen molar-refractivity contribution in [2.24, 2.45) is 5.10 Å².